The summed E-state index contributed by atoms with van der Waals surface area (Å²) in [5.74, 6) is 0.746. The number of hydrogen-bond acceptors (Lipinski definition) is 7. The molecule has 1 aliphatic rings. The number of likely N-dealkylation sites (tertiary alicyclic amines) is 1. The van der Waals surface area contributed by atoms with E-state index in [-0.39, 0.29) is 12.0 Å². The maximum Gasteiger partial charge on any atom is 0.254 e. The molecule has 1 aliphatic heterocycles. The Hall–Kier alpha value is -3.29. The van der Waals surface area contributed by atoms with Gasteiger partial charge >= 0.3 is 0 Å². The molecule has 1 saturated heterocycles. The van der Waals surface area contributed by atoms with E-state index in [0.29, 0.717) is 35.9 Å². The molecule has 8 nitrogen and oxygen atoms in total. The first-order valence-corrected chi connectivity index (χ1v) is 8.25. The van der Waals surface area contributed by atoms with Crippen LogP contribution in [0.3, 0.4) is 0 Å². The van der Waals surface area contributed by atoms with Crippen LogP contribution in [0.1, 0.15) is 16.8 Å². The number of carbonyl (C=O) groups excluding carboxylic acids is 1. The Balaban J connectivity index is 1.44. The van der Waals surface area contributed by atoms with Crippen LogP contribution in [0, 0.1) is 0 Å². The third-order valence-electron chi connectivity index (χ3n) is 4.24. The number of rotatable bonds is 4. The Bertz CT molecular complexity index is 949. The highest BCUT2D eigenvalue weighted by Crippen LogP contribution is 2.20. The van der Waals surface area contributed by atoms with Crippen LogP contribution < -0.4 is 9.47 Å². The van der Waals surface area contributed by atoms with E-state index < -0.39 is 0 Å². The Morgan fingerprint density at radius 1 is 1.15 bits per heavy atom. The number of methoxy groups -OCH3 is 1. The molecule has 1 unspecified atom stereocenters. The van der Waals surface area contributed by atoms with Crippen molar-refractivity contribution in [3.63, 3.8) is 0 Å². The normalized spacial score (nSPS) is 16.7. The third kappa shape index (κ3) is 3.26. The molecular formula is C18H17N5O3. The molecule has 0 spiro atoms. The predicted octanol–water partition coefficient (Wildman–Crippen LogP) is 1.72. The van der Waals surface area contributed by atoms with Crippen molar-refractivity contribution < 1.29 is 14.3 Å². The second-order valence-electron chi connectivity index (χ2n) is 5.94. The molecule has 1 atom stereocenters. The number of benzene rings is 1. The van der Waals surface area contributed by atoms with Crippen molar-refractivity contribution in [2.75, 3.05) is 20.2 Å². The quantitative estimate of drug-likeness (QED) is 0.707. The van der Waals surface area contributed by atoms with Crippen LogP contribution in [0.2, 0.25) is 0 Å². The smallest absolute Gasteiger partial charge is 0.254 e. The first kappa shape index (κ1) is 16.2. The lowest BCUT2D eigenvalue weighted by atomic mass is 10.1. The topological polar surface area (TPSA) is 90.3 Å². The highest BCUT2D eigenvalue weighted by molar-refractivity contribution is 5.97. The molecule has 132 valence electrons. The Morgan fingerprint density at radius 3 is 2.81 bits per heavy atom. The minimum absolute atomic E-state index is 0.0413. The molecule has 0 aliphatic carbocycles. The standard InChI is InChI=1S/C18H17N5O3/c1-25-16-9-19-10-17(22-16)26-13-4-7-23(11-13)18(24)12-2-3-14-15(8-12)21-6-5-20-14/h2-3,5-6,8-10,13H,4,7,11H2,1H3. The summed E-state index contributed by atoms with van der Waals surface area (Å²) in [6, 6.07) is 5.36. The van der Waals surface area contributed by atoms with Gasteiger partial charge in [-0.1, -0.05) is 0 Å². The van der Waals surface area contributed by atoms with E-state index >= 15 is 0 Å². The molecule has 0 N–H and O–H groups in total. The zero-order valence-electron chi connectivity index (χ0n) is 14.2. The van der Waals surface area contributed by atoms with Crippen molar-refractivity contribution in [2.24, 2.45) is 0 Å². The summed E-state index contributed by atoms with van der Waals surface area (Å²) in [4.78, 5) is 31.2. The first-order chi connectivity index (χ1) is 12.7. The number of fused-ring (bicyclic) bond motifs is 1. The number of carbonyl (C=O) groups is 1. The van der Waals surface area contributed by atoms with E-state index in [2.05, 4.69) is 19.9 Å². The summed E-state index contributed by atoms with van der Waals surface area (Å²) in [6.45, 7) is 1.12. The lowest BCUT2D eigenvalue weighted by molar-refractivity contribution is 0.0771. The van der Waals surface area contributed by atoms with Gasteiger partial charge < -0.3 is 14.4 Å². The van der Waals surface area contributed by atoms with Crippen molar-refractivity contribution in [2.45, 2.75) is 12.5 Å². The molecule has 2 aromatic heterocycles. The average Bonchev–Trinajstić information content (AvgIpc) is 3.15. The van der Waals surface area contributed by atoms with E-state index in [1.165, 1.54) is 19.5 Å². The monoisotopic (exact) mass is 351 g/mol. The first-order valence-electron chi connectivity index (χ1n) is 8.25. The minimum Gasteiger partial charge on any atom is -0.480 e. The number of hydrogen-bond donors (Lipinski definition) is 0. The van der Waals surface area contributed by atoms with Crippen molar-refractivity contribution >= 4 is 16.9 Å². The average molecular weight is 351 g/mol. The van der Waals surface area contributed by atoms with Crippen LogP contribution >= 0.6 is 0 Å². The fourth-order valence-corrected chi connectivity index (χ4v) is 2.94. The van der Waals surface area contributed by atoms with E-state index in [0.717, 1.165) is 11.9 Å². The number of nitrogens with zero attached hydrogens (tertiary/aromatic N) is 5. The van der Waals surface area contributed by atoms with Crippen LogP contribution in [-0.2, 0) is 0 Å². The summed E-state index contributed by atoms with van der Waals surface area (Å²) in [5.41, 5.74) is 2.07. The molecule has 8 heteroatoms. The Labute approximate surface area is 149 Å². The molecule has 1 aromatic carbocycles. The van der Waals surface area contributed by atoms with Gasteiger partial charge in [0.25, 0.3) is 5.91 Å². The van der Waals surface area contributed by atoms with Crippen molar-refractivity contribution in [3.05, 3.63) is 48.5 Å². The van der Waals surface area contributed by atoms with Gasteiger partial charge in [-0.25, -0.2) is 0 Å². The van der Waals surface area contributed by atoms with Crippen molar-refractivity contribution in [1.82, 2.24) is 24.8 Å². The summed E-state index contributed by atoms with van der Waals surface area (Å²) in [5, 5.41) is 0. The van der Waals surface area contributed by atoms with E-state index in [1.807, 2.05) is 6.07 Å². The fraction of sp³-hybridized carbons (Fsp3) is 0.278. The van der Waals surface area contributed by atoms with Gasteiger partial charge in [-0.2, -0.15) is 4.98 Å². The third-order valence-corrected chi connectivity index (χ3v) is 4.24. The van der Waals surface area contributed by atoms with E-state index in [1.54, 1.807) is 29.4 Å². The van der Waals surface area contributed by atoms with Crippen LogP contribution in [-0.4, -0.2) is 57.0 Å². The molecule has 26 heavy (non-hydrogen) atoms. The van der Waals surface area contributed by atoms with Gasteiger partial charge in [0.2, 0.25) is 11.8 Å². The number of amides is 1. The van der Waals surface area contributed by atoms with Gasteiger partial charge in [0.15, 0.2) is 0 Å². The summed E-state index contributed by atoms with van der Waals surface area (Å²) >= 11 is 0. The summed E-state index contributed by atoms with van der Waals surface area (Å²) in [7, 11) is 1.53. The number of aromatic nitrogens is 4. The fourth-order valence-electron chi connectivity index (χ4n) is 2.94. The van der Waals surface area contributed by atoms with Crippen LogP contribution in [0.5, 0.6) is 11.8 Å². The Kier molecular flexibility index (Phi) is 4.30. The van der Waals surface area contributed by atoms with Crippen molar-refractivity contribution in [1.29, 1.82) is 0 Å². The van der Waals surface area contributed by atoms with Crippen LogP contribution in [0.15, 0.2) is 43.0 Å². The lowest BCUT2D eigenvalue weighted by Gasteiger charge is -2.17. The maximum atomic E-state index is 12.8. The second kappa shape index (κ2) is 6.91. The molecule has 3 aromatic rings. The van der Waals surface area contributed by atoms with Gasteiger partial charge in [0.05, 0.1) is 37.1 Å². The highest BCUT2D eigenvalue weighted by Gasteiger charge is 2.29. The molecule has 4 rings (SSSR count). The molecule has 0 radical (unpaired) electrons. The second-order valence-corrected chi connectivity index (χ2v) is 5.94. The number of ether oxygens (including phenoxy) is 2. The molecule has 0 saturated carbocycles. The zero-order chi connectivity index (χ0) is 17.9. The van der Waals surface area contributed by atoms with Crippen molar-refractivity contribution in [3.8, 4) is 11.8 Å². The Morgan fingerprint density at radius 2 is 1.96 bits per heavy atom. The van der Waals surface area contributed by atoms with Gasteiger partial charge in [-0.3, -0.25) is 19.7 Å². The molecule has 0 bridgehead atoms. The summed E-state index contributed by atoms with van der Waals surface area (Å²) < 4.78 is 10.9. The molecule has 1 amide bonds. The highest BCUT2D eigenvalue weighted by atomic mass is 16.5. The largest absolute Gasteiger partial charge is 0.480 e. The molecule has 3 heterocycles. The van der Waals surface area contributed by atoms with E-state index in [4.69, 9.17) is 9.47 Å². The van der Waals surface area contributed by atoms with Crippen LogP contribution in [0.4, 0.5) is 0 Å². The van der Waals surface area contributed by atoms with Gasteiger partial charge in [-0.05, 0) is 18.2 Å². The van der Waals surface area contributed by atoms with Crippen LogP contribution in [0.25, 0.3) is 11.0 Å². The lowest BCUT2D eigenvalue weighted by Crippen LogP contribution is -2.31. The minimum atomic E-state index is -0.124. The SMILES string of the molecule is COc1cncc(OC2CCN(C(=O)c3ccc4nccnc4c3)C2)n1. The van der Waals surface area contributed by atoms with E-state index in [9.17, 15) is 4.79 Å². The maximum absolute atomic E-state index is 12.8. The molecule has 1 fully saturated rings. The predicted molar refractivity (Wildman–Crippen MR) is 93.1 cm³/mol. The van der Waals surface area contributed by atoms with Gasteiger partial charge in [-0.15, -0.1) is 0 Å². The molecular weight excluding hydrogens is 334 g/mol. The summed E-state index contributed by atoms with van der Waals surface area (Å²) in [6.07, 6.45) is 6.91. The van der Waals surface area contributed by atoms with Gasteiger partial charge in [0, 0.05) is 30.9 Å². The van der Waals surface area contributed by atoms with Gasteiger partial charge in [0.1, 0.15) is 6.10 Å². The zero-order valence-corrected chi connectivity index (χ0v) is 14.2.